The van der Waals surface area contributed by atoms with Gasteiger partial charge in [0.05, 0.1) is 86.7 Å². The predicted octanol–water partition coefficient (Wildman–Crippen LogP) is 11.4. The third kappa shape index (κ3) is 14.7. The molecule has 87 heavy (non-hydrogen) atoms. The summed E-state index contributed by atoms with van der Waals surface area (Å²) < 4.78 is 114. The van der Waals surface area contributed by atoms with Crippen LogP contribution < -0.4 is 0 Å². The molecule has 6 fully saturated rings. The van der Waals surface area contributed by atoms with Gasteiger partial charge in [0.15, 0.2) is 11.6 Å². The van der Waals surface area contributed by atoms with E-state index in [1.165, 1.54) is 57.4 Å². The number of hydrogen-bond acceptors (Lipinski definition) is 22. The summed E-state index contributed by atoms with van der Waals surface area (Å²) in [6, 6.07) is 7.85. The van der Waals surface area contributed by atoms with E-state index >= 15 is 0 Å². The minimum atomic E-state index is -4.22. The Hall–Kier alpha value is -3.52. The monoisotopic (exact) mass is 1300 g/mol. The van der Waals surface area contributed by atoms with E-state index in [1.807, 2.05) is 52.0 Å². The Labute approximate surface area is 518 Å². The molecule has 4 aliphatic heterocycles. The molecule has 2 unspecified atom stereocenters. The van der Waals surface area contributed by atoms with Gasteiger partial charge in [0.25, 0.3) is 11.2 Å². The third-order valence-electron chi connectivity index (χ3n) is 16.3. The fraction of sp³-hybridized carbons (Fsp3) is 0.729. The van der Waals surface area contributed by atoms with Gasteiger partial charge in [0.1, 0.15) is 48.8 Å². The summed E-state index contributed by atoms with van der Waals surface area (Å²) in [6.45, 7) is 20.9. The van der Waals surface area contributed by atoms with Crippen molar-refractivity contribution in [3.63, 3.8) is 0 Å². The fourth-order valence-corrected chi connectivity index (χ4v) is 16.9. The molecular weight excluding hydrogens is 1210 g/mol. The van der Waals surface area contributed by atoms with Crippen LogP contribution >= 0.6 is 38.4 Å². The van der Waals surface area contributed by atoms with Crippen molar-refractivity contribution >= 4 is 61.4 Å². The summed E-state index contributed by atoms with van der Waals surface area (Å²) in [6.07, 6.45) is 7.76. The molecule has 0 N–H and O–H groups in total. The molecule has 0 aromatic carbocycles. The second kappa shape index (κ2) is 29.0. The molecule has 4 saturated heterocycles. The summed E-state index contributed by atoms with van der Waals surface area (Å²) in [7, 11) is -8.23. The highest BCUT2D eigenvalue weighted by atomic mass is 35.5. The Morgan fingerprint density at radius 2 is 1.09 bits per heavy atom. The van der Waals surface area contributed by atoms with E-state index in [4.69, 9.17) is 88.7 Å². The number of ether oxygens (including phenoxy) is 10. The summed E-state index contributed by atoms with van der Waals surface area (Å²) in [5.74, 6) is -3.97. The van der Waals surface area contributed by atoms with Gasteiger partial charge in [-0.15, -0.1) is 16.8 Å². The molecule has 4 aromatic rings. The first-order valence-electron chi connectivity index (χ1n) is 30.7. The van der Waals surface area contributed by atoms with Gasteiger partial charge in [0.2, 0.25) is 10.6 Å². The Kier molecular flexibility index (Phi) is 22.6. The van der Waals surface area contributed by atoms with Crippen molar-refractivity contribution in [1.82, 2.24) is 29.2 Å². The number of rotatable bonds is 28. The van der Waals surface area contributed by atoms with Gasteiger partial charge in [-0.1, -0.05) is 57.4 Å². The van der Waals surface area contributed by atoms with Gasteiger partial charge >= 0.3 is 27.1 Å². The highest BCUT2D eigenvalue weighted by Gasteiger charge is 2.62. The maximum Gasteiger partial charge on any atom is 0.374 e. The first-order valence-corrected chi connectivity index (χ1v) is 34.6. The molecule has 2 saturated carbocycles. The lowest BCUT2D eigenvalue weighted by Crippen LogP contribution is -2.46. The van der Waals surface area contributed by atoms with Crippen molar-refractivity contribution in [2.24, 2.45) is 11.8 Å². The van der Waals surface area contributed by atoms with Gasteiger partial charge in [-0.2, -0.15) is 0 Å². The van der Waals surface area contributed by atoms with E-state index < -0.39 is 98.7 Å². The lowest BCUT2D eigenvalue weighted by Gasteiger charge is -2.36. The molecular formula is C59H86Cl2N6O18P2. The lowest BCUT2D eigenvalue weighted by atomic mass is 10.0. The molecule has 0 spiro atoms. The second-order valence-corrected chi connectivity index (χ2v) is 28.2. The molecule has 8 heterocycles. The van der Waals surface area contributed by atoms with Gasteiger partial charge in [-0.05, 0) is 141 Å². The van der Waals surface area contributed by atoms with Crippen LogP contribution in [0.1, 0.15) is 162 Å². The standard InChI is InChI=1S/C31H45ClN3O9P.C28H41ClN3O9P/c1-7-17-31(28(36)38-8-2,45(37,40-9-3)41-10-4)39-19-24-26-27(44-30(5,6)43-26)25(42-24)23-16-15-22-21(18-20-13-11-12-14-20)33-29(32)34-35(22)23;1-6-35-25(33)26(42(34,37-7-2)38-8-3)36-16-21-23-24(41-28(4,5)40-23)22(39-21)20-14-13-19-18(15-17-11-9-10-12-17)30-27(29)31-32(19)20/h7,15-16,20,24-27H,1,8-14,17-19H2,2-6H3;13-14,17,21-24,26H,6-12,15-16H2,1-5H3/t24-,25-,26-,27+,31?;21-,22-,23-,24+,26?/m11/s1. The maximum absolute atomic E-state index is 14.2. The zero-order chi connectivity index (χ0) is 62.5. The van der Waals surface area contributed by atoms with Gasteiger partial charge in [0, 0.05) is 6.42 Å². The Morgan fingerprint density at radius 1 is 0.655 bits per heavy atom. The van der Waals surface area contributed by atoms with E-state index in [1.54, 1.807) is 50.6 Å². The molecule has 0 radical (unpaired) electrons. The number of hydrogen-bond donors (Lipinski definition) is 0. The maximum atomic E-state index is 14.2. The van der Waals surface area contributed by atoms with Crippen molar-refractivity contribution < 1.29 is 84.2 Å². The molecule has 24 nitrogen and oxygen atoms in total. The van der Waals surface area contributed by atoms with Crippen LogP contribution in [0.2, 0.25) is 10.6 Å². The van der Waals surface area contributed by atoms with Crippen LogP contribution in [0.25, 0.3) is 11.0 Å². The van der Waals surface area contributed by atoms with Crippen molar-refractivity contribution in [2.45, 2.75) is 211 Å². The van der Waals surface area contributed by atoms with E-state index in [9.17, 15) is 18.7 Å². The predicted molar refractivity (Wildman–Crippen MR) is 318 cm³/mol. The van der Waals surface area contributed by atoms with Crippen LogP contribution in [-0.4, -0.2) is 153 Å². The van der Waals surface area contributed by atoms with Crippen LogP contribution in [-0.2, 0) is 97.0 Å². The molecule has 2 aliphatic carbocycles. The summed E-state index contributed by atoms with van der Waals surface area (Å²) in [4.78, 5) is 35.5. The second-order valence-electron chi connectivity index (χ2n) is 23.2. The molecule has 4 aromatic heterocycles. The lowest BCUT2D eigenvalue weighted by molar-refractivity contribution is -0.199. The van der Waals surface area contributed by atoms with Crippen LogP contribution in [0.15, 0.2) is 36.9 Å². The SMILES string of the molecule is C=CCC(OC[C@H]1O[C@H](c2ccc3c(CC4CCCC4)nc(Cl)nn23)[C@@H]2OC(C)(C)O[C@@H]21)(C(=O)OCC)P(=O)(OCC)OCC.CCOC(=O)C(OC[C@H]1O[C@H](c2ccc3c(CC4CCCC4)nc(Cl)nn23)[C@@H]2OC(C)(C)O[C@@H]21)P(=O)(OCC)OCC. The van der Waals surface area contributed by atoms with Crippen LogP contribution in [0.4, 0.5) is 0 Å². The van der Waals surface area contributed by atoms with Crippen LogP contribution in [0.3, 0.4) is 0 Å². The smallest absolute Gasteiger partial charge is 0.374 e. The number of carbonyl (C=O) groups excluding carboxylic acids is 2. The number of carbonyl (C=O) groups is 2. The Bertz CT molecular complexity index is 3100. The van der Waals surface area contributed by atoms with E-state index in [0.29, 0.717) is 11.8 Å². The molecule has 6 aliphatic rings. The van der Waals surface area contributed by atoms with Crippen molar-refractivity contribution in [3.8, 4) is 0 Å². The van der Waals surface area contributed by atoms with E-state index in [-0.39, 0.29) is 69.8 Å². The number of esters is 2. The molecule has 10 atom stereocenters. The topological polar surface area (TPSA) is 258 Å². The third-order valence-corrected chi connectivity index (χ3v) is 21.4. The molecule has 28 heteroatoms. The van der Waals surface area contributed by atoms with Crippen molar-refractivity contribution in [3.05, 3.63) is 70.3 Å². The summed E-state index contributed by atoms with van der Waals surface area (Å²) in [5.41, 5.74) is 5.00. The number of halogens is 2. The average Bonchev–Trinajstić information content (AvgIpc) is 1.67. The van der Waals surface area contributed by atoms with Crippen molar-refractivity contribution in [2.75, 3.05) is 52.9 Å². The van der Waals surface area contributed by atoms with E-state index in [0.717, 1.165) is 46.7 Å². The van der Waals surface area contributed by atoms with Crippen molar-refractivity contribution in [1.29, 1.82) is 0 Å². The van der Waals surface area contributed by atoms with Crippen LogP contribution in [0.5, 0.6) is 0 Å². The minimum Gasteiger partial charge on any atom is -0.464 e. The molecule has 484 valence electrons. The van der Waals surface area contributed by atoms with Gasteiger partial charge in [-0.25, -0.2) is 28.6 Å². The Morgan fingerprint density at radius 3 is 1.52 bits per heavy atom. The molecule has 0 amide bonds. The number of nitrogens with zero attached hydrogens (tertiary/aromatic N) is 6. The summed E-state index contributed by atoms with van der Waals surface area (Å²) in [5, 5.41) is 7.25. The van der Waals surface area contributed by atoms with Gasteiger partial charge in [-0.3, -0.25) is 9.13 Å². The molecule has 0 bridgehead atoms. The Balaban J connectivity index is 0.000000208. The highest BCUT2D eigenvalue weighted by Crippen LogP contribution is 2.63. The highest BCUT2D eigenvalue weighted by molar-refractivity contribution is 7.56. The van der Waals surface area contributed by atoms with Crippen LogP contribution in [0, 0.1) is 11.8 Å². The zero-order valence-corrected chi connectivity index (χ0v) is 54.9. The summed E-state index contributed by atoms with van der Waals surface area (Å²) >= 11 is 12.9. The quantitative estimate of drug-likeness (QED) is 0.0291. The normalized spacial score (nSPS) is 26.4. The molecule has 10 rings (SSSR count). The average molecular weight is 1300 g/mol. The van der Waals surface area contributed by atoms with Gasteiger partial charge < -0.3 is 65.5 Å². The first kappa shape index (κ1) is 67.9. The number of fused-ring (bicyclic) bond motifs is 4. The first-order chi connectivity index (χ1) is 41.6. The fourth-order valence-electron chi connectivity index (χ4n) is 12.9. The number of aromatic nitrogens is 6. The largest absolute Gasteiger partial charge is 0.464 e. The minimum absolute atomic E-state index is 0.0191. The zero-order valence-electron chi connectivity index (χ0n) is 51.6. The van der Waals surface area contributed by atoms with E-state index in [2.05, 4.69) is 26.7 Å².